The first-order chi connectivity index (χ1) is 11.5. The molecule has 1 saturated carbocycles. The molecule has 1 aliphatic rings. The van der Waals surface area contributed by atoms with Gasteiger partial charge in [0, 0.05) is 13.1 Å². The molecule has 1 aromatic heterocycles. The number of phenolic OH excluding ortho intramolecular Hbond substituents is 1. The van der Waals surface area contributed by atoms with Crippen LogP contribution in [0.3, 0.4) is 0 Å². The van der Waals surface area contributed by atoms with Crippen LogP contribution in [-0.4, -0.2) is 22.6 Å². The Morgan fingerprint density at radius 1 is 1.29 bits per heavy atom. The van der Waals surface area contributed by atoms with Crippen LogP contribution in [0.25, 0.3) is 0 Å². The van der Waals surface area contributed by atoms with Crippen molar-refractivity contribution < 1.29 is 14.3 Å². The van der Waals surface area contributed by atoms with E-state index in [1.165, 1.54) is 12.8 Å². The van der Waals surface area contributed by atoms with Crippen molar-refractivity contribution in [1.29, 1.82) is 0 Å². The molecule has 0 radical (unpaired) electrons. The van der Waals surface area contributed by atoms with Crippen LogP contribution in [0.2, 0.25) is 0 Å². The highest BCUT2D eigenvalue weighted by Crippen LogP contribution is 2.30. The first-order valence-corrected chi connectivity index (χ1v) is 8.41. The molecule has 5 heteroatoms. The number of rotatable bonds is 6. The summed E-state index contributed by atoms with van der Waals surface area (Å²) in [7, 11) is 0. The molecular formula is C19H24N2O3. The number of phenols is 1. The van der Waals surface area contributed by atoms with E-state index in [-0.39, 0.29) is 17.8 Å². The third-order valence-corrected chi connectivity index (χ3v) is 4.30. The van der Waals surface area contributed by atoms with Gasteiger partial charge in [-0.15, -0.1) is 0 Å². The van der Waals surface area contributed by atoms with Crippen molar-refractivity contribution in [2.24, 2.45) is 5.92 Å². The highest BCUT2D eigenvalue weighted by Gasteiger charge is 2.27. The van der Waals surface area contributed by atoms with Crippen molar-refractivity contribution in [1.82, 2.24) is 10.2 Å². The monoisotopic (exact) mass is 328 g/mol. The molecule has 3 rings (SSSR count). The Morgan fingerprint density at radius 2 is 2.00 bits per heavy atom. The predicted molar refractivity (Wildman–Crippen MR) is 91.6 cm³/mol. The largest absolute Gasteiger partial charge is 0.508 e. The average Bonchev–Trinajstić information content (AvgIpc) is 3.26. The molecule has 1 heterocycles. The van der Waals surface area contributed by atoms with E-state index >= 15 is 0 Å². The van der Waals surface area contributed by atoms with Crippen molar-refractivity contribution in [3.8, 4) is 5.75 Å². The standard InChI is InChI=1S/C19H24N2O3/c1-13-3-10-18(24-13)14(2)20-19(23)21(11-15-4-5-15)12-16-6-8-17(22)9-7-16/h3,6-10,14-15,22H,4-5,11-12H2,1-2H3,(H,20,23)/t14-/m0/s1. The normalized spacial score (nSPS) is 15.1. The van der Waals surface area contributed by atoms with E-state index in [2.05, 4.69) is 5.32 Å². The Kier molecular flexibility index (Phi) is 4.79. The maximum Gasteiger partial charge on any atom is 0.318 e. The van der Waals surface area contributed by atoms with E-state index in [9.17, 15) is 9.90 Å². The number of hydrogen-bond acceptors (Lipinski definition) is 3. The number of urea groups is 1. The number of hydrogen-bond donors (Lipinski definition) is 2. The lowest BCUT2D eigenvalue weighted by Gasteiger charge is -2.25. The van der Waals surface area contributed by atoms with Crippen LogP contribution in [0, 0.1) is 12.8 Å². The average molecular weight is 328 g/mol. The number of carbonyl (C=O) groups is 1. The molecule has 1 atom stereocenters. The van der Waals surface area contributed by atoms with E-state index in [0.717, 1.165) is 23.6 Å². The quantitative estimate of drug-likeness (QED) is 0.843. The van der Waals surface area contributed by atoms with Gasteiger partial charge in [0.1, 0.15) is 17.3 Å². The molecule has 5 nitrogen and oxygen atoms in total. The fourth-order valence-corrected chi connectivity index (χ4v) is 2.69. The first-order valence-electron chi connectivity index (χ1n) is 8.41. The Balaban J connectivity index is 1.65. The zero-order chi connectivity index (χ0) is 17.1. The number of nitrogens with zero attached hydrogens (tertiary/aromatic N) is 1. The SMILES string of the molecule is Cc1ccc([C@H](C)NC(=O)N(Cc2ccc(O)cc2)CC2CC2)o1. The third-order valence-electron chi connectivity index (χ3n) is 4.30. The molecule has 2 N–H and O–H groups in total. The van der Waals surface area contributed by atoms with Crippen LogP contribution in [0.5, 0.6) is 5.75 Å². The van der Waals surface area contributed by atoms with Crippen LogP contribution < -0.4 is 5.32 Å². The maximum atomic E-state index is 12.7. The number of nitrogens with one attached hydrogen (secondary N) is 1. The summed E-state index contributed by atoms with van der Waals surface area (Å²) in [5.41, 5.74) is 1.00. The molecule has 0 saturated heterocycles. The van der Waals surface area contributed by atoms with Crippen molar-refractivity contribution in [2.45, 2.75) is 39.3 Å². The topological polar surface area (TPSA) is 65.7 Å². The van der Waals surface area contributed by atoms with Crippen LogP contribution in [0.15, 0.2) is 40.8 Å². The molecule has 0 spiro atoms. The van der Waals surface area contributed by atoms with Crippen LogP contribution in [0.1, 0.15) is 42.9 Å². The van der Waals surface area contributed by atoms with Gasteiger partial charge < -0.3 is 19.7 Å². The van der Waals surface area contributed by atoms with Crippen LogP contribution in [0.4, 0.5) is 4.79 Å². The fraction of sp³-hybridized carbons (Fsp3) is 0.421. The minimum Gasteiger partial charge on any atom is -0.508 e. The molecule has 24 heavy (non-hydrogen) atoms. The predicted octanol–water partition coefficient (Wildman–Crippen LogP) is 3.98. The second kappa shape index (κ2) is 6.99. The molecular weight excluding hydrogens is 304 g/mol. The van der Waals surface area contributed by atoms with Gasteiger partial charge in [0.15, 0.2) is 0 Å². The first kappa shape index (κ1) is 16.4. The highest BCUT2D eigenvalue weighted by atomic mass is 16.3. The van der Waals surface area contributed by atoms with E-state index in [0.29, 0.717) is 12.5 Å². The van der Waals surface area contributed by atoms with Gasteiger partial charge in [-0.05, 0) is 62.4 Å². The summed E-state index contributed by atoms with van der Waals surface area (Å²) in [4.78, 5) is 14.5. The lowest BCUT2D eigenvalue weighted by molar-refractivity contribution is 0.187. The van der Waals surface area contributed by atoms with Gasteiger partial charge in [-0.2, -0.15) is 0 Å². The van der Waals surface area contributed by atoms with Gasteiger partial charge in [-0.1, -0.05) is 12.1 Å². The Bertz CT molecular complexity index is 689. The zero-order valence-electron chi connectivity index (χ0n) is 14.2. The van der Waals surface area contributed by atoms with Crippen molar-refractivity contribution in [2.75, 3.05) is 6.54 Å². The summed E-state index contributed by atoms with van der Waals surface area (Å²) in [6.07, 6.45) is 2.37. The van der Waals surface area contributed by atoms with E-state index < -0.39 is 0 Å². The van der Waals surface area contributed by atoms with Gasteiger partial charge in [0.2, 0.25) is 0 Å². The van der Waals surface area contributed by atoms with Gasteiger partial charge in [-0.25, -0.2) is 4.79 Å². The van der Waals surface area contributed by atoms with E-state index in [1.54, 1.807) is 12.1 Å². The number of furan rings is 1. The zero-order valence-corrected chi connectivity index (χ0v) is 14.2. The minimum atomic E-state index is -0.173. The second-order valence-corrected chi connectivity index (χ2v) is 6.61. The Morgan fingerprint density at radius 3 is 2.58 bits per heavy atom. The summed E-state index contributed by atoms with van der Waals surface area (Å²) in [6, 6.07) is 10.5. The van der Waals surface area contributed by atoms with Gasteiger partial charge >= 0.3 is 6.03 Å². The maximum absolute atomic E-state index is 12.7. The molecule has 1 aliphatic carbocycles. The Hall–Kier alpha value is -2.43. The van der Waals surface area contributed by atoms with Crippen molar-refractivity contribution in [3.63, 3.8) is 0 Å². The molecule has 2 aromatic rings. The lowest BCUT2D eigenvalue weighted by Crippen LogP contribution is -2.41. The van der Waals surface area contributed by atoms with E-state index in [4.69, 9.17) is 4.42 Å². The third kappa shape index (κ3) is 4.31. The number of aryl methyl sites for hydroxylation is 1. The minimum absolute atomic E-state index is 0.0865. The summed E-state index contributed by atoms with van der Waals surface area (Å²) < 4.78 is 5.59. The molecule has 1 fully saturated rings. The van der Waals surface area contributed by atoms with Crippen molar-refractivity contribution >= 4 is 6.03 Å². The Labute approximate surface area is 142 Å². The van der Waals surface area contributed by atoms with Gasteiger partial charge in [0.25, 0.3) is 0 Å². The summed E-state index contributed by atoms with van der Waals surface area (Å²) >= 11 is 0. The smallest absolute Gasteiger partial charge is 0.318 e. The summed E-state index contributed by atoms with van der Waals surface area (Å²) in [5, 5.41) is 12.4. The van der Waals surface area contributed by atoms with Crippen LogP contribution in [-0.2, 0) is 6.54 Å². The van der Waals surface area contributed by atoms with Gasteiger partial charge in [-0.3, -0.25) is 0 Å². The van der Waals surface area contributed by atoms with Crippen LogP contribution >= 0.6 is 0 Å². The second-order valence-electron chi connectivity index (χ2n) is 6.61. The molecule has 128 valence electrons. The summed E-state index contributed by atoms with van der Waals surface area (Å²) in [5.74, 6) is 2.44. The molecule has 0 bridgehead atoms. The lowest BCUT2D eigenvalue weighted by atomic mass is 10.2. The number of amides is 2. The highest BCUT2D eigenvalue weighted by molar-refractivity contribution is 5.74. The molecule has 1 aromatic carbocycles. The van der Waals surface area contributed by atoms with E-state index in [1.807, 2.05) is 43.0 Å². The number of carbonyl (C=O) groups excluding carboxylic acids is 1. The number of aromatic hydroxyl groups is 1. The molecule has 0 aliphatic heterocycles. The summed E-state index contributed by atoms with van der Waals surface area (Å²) in [6.45, 7) is 5.11. The number of benzene rings is 1. The van der Waals surface area contributed by atoms with Crippen molar-refractivity contribution in [3.05, 3.63) is 53.5 Å². The van der Waals surface area contributed by atoms with Gasteiger partial charge in [0.05, 0.1) is 6.04 Å². The molecule has 0 unspecified atom stereocenters. The molecule has 2 amide bonds. The fourth-order valence-electron chi connectivity index (χ4n) is 2.69.